The van der Waals surface area contributed by atoms with Crippen LogP contribution >= 0.6 is 0 Å². The molecular formula is C16H19FN4O2. The first-order valence-electron chi connectivity index (χ1n) is 7.51. The Morgan fingerprint density at radius 2 is 2.13 bits per heavy atom. The number of pyridine rings is 1. The number of ether oxygens (including phenoxy) is 1. The number of hydrogen-bond acceptors (Lipinski definition) is 4. The minimum absolute atomic E-state index is 0.220. The van der Waals surface area contributed by atoms with Gasteiger partial charge in [-0.15, -0.1) is 0 Å². The molecule has 122 valence electrons. The zero-order valence-electron chi connectivity index (χ0n) is 13.3. The van der Waals surface area contributed by atoms with E-state index in [1.54, 1.807) is 31.7 Å². The van der Waals surface area contributed by atoms with Gasteiger partial charge in [0.1, 0.15) is 11.4 Å². The summed E-state index contributed by atoms with van der Waals surface area (Å²) in [4.78, 5) is 19.9. The fraction of sp³-hybridized carbons (Fsp3) is 0.438. The Morgan fingerprint density at radius 3 is 2.78 bits per heavy atom. The average Bonchev–Trinajstić information content (AvgIpc) is 3.17. The molecule has 0 spiro atoms. The molecule has 1 amide bonds. The van der Waals surface area contributed by atoms with Crippen molar-refractivity contribution in [3.63, 3.8) is 0 Å². The Bertz CT molecular complexity index is 732. The molecule has 0 saturated heterocycles. The van der Waals surface area contributed by atoms with Crippen molar-refractivity contribution in [1.29, 1.82) is 0 Å². The minimum Gasteiger partial charge on any atom is -0.444 e. The number of nitrogens with zero attached hydrogens (tertiary/aromatic N) is 3. The summed E-state index contributed by atoms with van der Waals surface area (Å²) in [7, 11) is 0. The lowest BCUT2D eigenvalue weighted by molar-refractivity contribution is 0.0635. The number of anilines is 1. The molecular weight excluding hydrogens is 299 g/mol. The number of carbonyl (C=O) groups is 1. The maximum Gasteiger partial charge on any atom is 0.413 e. The molecule has 0 bridgehead atoms. The second-order valence-electron chi connectivity index (χ2n) is 6.63. The Morgan fingerprint density at radius 1 is 1.39 bits per heavy atom. The molecule has 1 saturated carbocycles. The molecule has 3 rings (SSSR count). The molecule has 2 heterocycles. The summed E-state index contributed by atoms with van der Waals surface area (Å²) < 4.78 is 20.8. The number of rotatable bonds is 3. The summed E-state index contributed by atoms with van der Waals surface area (Å²) in [5, 5.41) is 2.51. The quantitative estimate of drug-likeness (QED) is 0.938. The third-order valence-electron chi connectivity index (χ3n) is 3.34. The van der Waals surface area contributed by atoms with Gasteiger partial charge in [-0.1, -0.05) is 0 Å². The summed E-state index contributed by atoms with van der Waals surface area (Å²) in [6.45, 7) is 5.29. The Kier molecular flexibility index (Phi) is 3.79. The summed E-state index contributed by atoms with van der Waals surface area (Å²) in [5.74, 6) is 0.220. The topological polar surface area (TPSA) is 69.0 Å². The number of carbonyl (C=O) groups excluding carboxylic acids is 1. The van der Waals surface area contributed by atoms with Gasteiger partial charge in [-0.3, -0.25) is 5.32 Å². The largest absolute Gasteiger partial charge is 0.444 e. The van der Waals surface area contributed by atoms with E-state index >= 15 is 0 Å². The van der Waals surface area contributed by atoms with Gasteiger partial charge in [0.25, 0.3) is 0 Å². The first-order valence-corrected chi connectivity index (χ1v) is 7.51. The Hall–Kier alpha value is -2.44. The van der Waals surface area contributed by atoms with Gasteiger partial charge >= 0.3 is 6.09 Å². The van der Waals surface area contributed by atoms with E-state index in [-0.39, 0.29) is 11.5 Å². The number of aromatic nitrogens is 3. The molecule has 23 heavy (non-hydrogen) atoms. The van der Waals surface area contributed by atoms with Gasteiger partial charge in [0.2, 0.25) is 0 Å². The van der Waals surface area contributed by atoms with Gasteiger partial charge in [0.05, 0.1) is 23.9 Å². The zero-order chi connectivity index (χ0) is 16.6. The lowest BCUT2D eigenvalue weighted by Gasteiger charge is -2.19. The highest BCUT2D eigenvalue weighted by Gasteiger charge is 2.26. The molecule has 0 atom stereocenters. The van der Waals surface area contributed by atoms with Gasteiger partial charge < -0.3 is 9.30 Å². The zero-order valence-corrected chi connectivity index (χ0v) is 13.3. The van der Waals surface area contributed by atoms with Crippen LogP contribution in [0.2, 0.25) is 0 Å². The lowest BCUT2D eigenvalue weighted by atomic mass is 10.2. The predicted octanol–water partition coefficient (Wildman–Crippen LogP) is 3.63. The fourth-order valence-corrected chi connectivity index (χ4v) is 2.16. The van der Waals surface area contributed by atoms with Crippen LogP contribution in [-0.4, -0.2) is 26.2 Å². The second-order valence-corrected chi connectivity index (χ2v) is 6.63. The summed E-state index contributed by atoms with van der Waals surface area (Å²) in [5.41, 5.74) is 0.629. The third-order valence-corrected chi connectivity index (χ3v) is 3.34. The van der Waals surface area contributed by atoms with E-state index in [0.717, 1.165) is 24.7 Å². The van der Waals surface area contributed by atoms with Crippen molar-refractivity contribution in [2.75, 3.05) is 5.32 Å². The van der Waals surface area contributed by atoms with Crippen molar-refractivity contribution in [3.05, 3.63) is 36.3 Å². The number of amides is 1. The van der Waals surface area contributed by atoms with Crippen molar-refractivity contribution < 1.29 is 13.9 Å². The van der Waals surface area contributed by atoms with E-state index in [0.29, 0.717) is 5.92 Å². The van der Waals surface area contributed by atoms with Gasteiger partial charge in [0, 0.05) is 18.2 Å². The van der Waals surface area contributed by atoms with E-state index in [4.69, 9.17) is 4.74 Å². The van der Waals surface area contributed by atoms with Gasteiger partial charge in [-0.25, -0.2) is 19.2 Å². The van der Waals surface area contributed by atoms with Crippen LogP contribution in [0.15, 0.2) is 24.8 Å². The number of hydrogen-bond donors (Lipinski definition) is 1. The molecule has 1 fully saturated rings. The second kappa shape index (κ2) is 5.64. The van der Waals surface area contributed by atoms with Crippen molar-refractivity contribution in [2.45, 2.75) is 45.1 Å². The maximum atomic E-state index is 14.0. The normalized spacial score (nSPS) is 14.6. The maximum absolute atomic E-state index is 14.0. The summed E-state index contributed by atoms with van der Waals surface area (Å²) in [6.07, 6.45) is 6.07. The van der Waals surface area contributed by atoms with E-state index in [1.807, 2.05) is 6.20 Å². The van der Waals surface area contributed by atoms with Crippen LogP contribution in [0.1, 0.15) is 45.2 Å². The van der Waals surface area contributed by atoms with Crippen molar-refractivity contribution in [1.82, 2.24) is 14.5 Å². The standard InChI is InChI=1S/C16H19FN4O2/c1-16(2,3)23-15(22)20-14-6-13(11(17)7-18-14)21-8-12(19-9-21)10-4-5-10/h6-10H,4-5H2,1-3H3,(H,18,20,22). The van der Waals surface area contributed by atoms with E-state index < -0.39 is 17.5 Å². The molecule has 7 heteroatoms. The van der Waals surface area contributed by atoms with Crippen LogP contribution in [-0.2, 0) is 4.74 Å². The number of imidazole rings is 1. The number of nitrogens with one attached hydrogen (secondary N) is 1. The molecule has 0 radical (unpaired) electrons. The molecule has 2 aromatic heterocycles. The van der Waals surface area contributed by atoms with Crippen LogP contribution in [0.5, 0.6) is 0 Å². The molecule has 0 aliphatic heterocycles. The van der Waals surface area contributed by atoms with Crippen LogP contribution < -0.4 is 5.32 Å². The minimum atomic E-state index is -0.633. The molecule has 0 aromatic carbocycles. The van der Waals surface area contributed by atoms with Gasteiger partial charge in [0.15, 0.2) is 5.82 Å². The van der Waals surface area contributed by atoms with Gasteiger partial charge in [-0.2, -0.15) is 0 Å². The Balaban J connectivity index is 1.79. The average molecular weight is 318 g/mol. The highest BCUT2D eigenvalue weighted by molar-refractivity contribution is 5.83. The number of halogens is 1. The molecule has 0 unspecified atom stereocenters. The van der Waals surface area contributed by atoms with Crippen LogP contribution in [0, 0.1) is 5.82 Å². The lowest BCUT2D eigenvalue weighted by Crippen LogP contribution is -2.27. The molecule has 2 aromatic rings. The van der Waals surface area contributed by atoms with Gasteiger partial charge in [-0.05, 0) is 33.6 Å². The predicted molar refractivity (Wildman–Crippen MR) is 83.1 cm³/mol. The summed E-state index contributed by atoms with van der Waals surface area (Å²) >= 11 is 0. The Labute approximate surface area is 133 Å². The smallest absolute Gasteiger partial charge is 0.413 e. The molecule has 1 aliphatic carbocycles. The summed E-state index contributed by atoms with van der Waals surface area (Å²) in [6, 6.07) is 1.46. The van der Waals surface area contributed by atoms with Crippen molar-refractivity contribution >= 4 is 11.9 Å². The molecule has 6 nitrogen and oxygen atoms in total. The highest BCUT2D eigenvalue weighted by atomic mass is 19.1. The molecule has 1 aliphatic rings. The monoisotopic (exact) mass is 318 g/mol. The SMILES string of the molecule is CC(C)(C)OC(=O)Nc1cc(-n2cnc(C3CC3)c2)c(F)cn1. The van der Waals surface area contributed by atoms with Crippen LogP contribution in [0.25, 0.3) is 5.69 Å². The van der Waals surface area contributed by atoms with E-state index in [1.165, 1.54) is 6.07 Å². The van der Waals surface area contributed by atoms with E-state index in [2.05, 4.69) is 15.3 Å². The first-order chi connectivity index (χ1) is 10.8. The van der Waals surface area contributed by atoms with Crippen molar-refractivity contribution in [3.8, 4) is 5.69 Å². The highest BCUT2D eigenvalue weighted by Crippen LogP contribution is 2.39. The molecule has 1 N–H and O–H groups in total. The fourth-order valence-electron chi connectivity index (χ4n) is 2.16. The van der Waals surface area contributed by atoms with E-state index in [9.17, 15) is 9.18 Å². The first kappa shape index (κ1) is 15.5. The van der Waals surface area contributed by atoms with Crippen molar-refractivity contribution in [2.24, 2.45) is 0 Å². The van der Waals surface area contributed by atoms with Crippen LogP contribution in [0.3, 0.4) is 0 Å². The van der Waals surface area contributed by atoms with Crippen LogP contribution in [0.4, 0.5) is 15.0 Å². The third kappa shape index (κ3) is 3.85.